The van der Waals surface area contributed by atoms with Gasteiger partial charge in [-0.25, -0.2) is 4.98 Å². The maximum absolute atomic E-state index is 11.6. The van der Waals surface area contributed by atoms with Crippen LogP contribution < -0.4 is 11.3 Å². The highest BCUT2D eigenvalue weighted by Crippen LogP contribution is 2.21. The summed E-state index contributed by atoms with van der Waals surface area (Å²) in [5.41, 5.74) is 6.07. The molecule has 0 radical (unpaired) electrons. The molecule has 2 aromatic heterocycles. The fourth-order valence-electron chi connectivity index (χ4n) is 1.92. The van der Waals surface area contributed by atoms with Gasteiger partial charge < -0.3 is 5.73 Å². The second-order valence-electron chi connectivity index (χ2n) is 3.79. The van der Waals surface area contributed by atoms with Gasteiger partial charge in [-0.3, -0.25) is 19.1 Å². The van der Waals surface area contributed by atoms with Gasteiger partial charge in [-0.05, 0) is 6.42 Å². The minimum absolute atomic E-state index is 0.00953. The van der Waals surface area contributed by atoms with Crippen LogP contribution in [0.5, 0.6) is 0 Å². The van der Waals surface area contributed by atoms with Crippen molar-refractivity contribution in [2.24, 2.45) is 0 Å². The fourth-order valence-corrected chi connectivity index (χ4v) is 1.92. The van der Waals surface area contributed by atoms with E-state index in [0.717, 1.165) is 0 Å². The Hall–Kier alpha value is -2.44. The predicted octanol–water partition coefficient (Wildman–Crippen LogP) is -0.0944. The van der Waals surface area contributed by atoms with Gasteiger partial charge in [0.15, 0.2) is 16.9 Å². The van der Waals surface area contributed by atoms with E-state index in [9.17, 15) is 9.59 Å². The predicted molar refractivity (Wildman–Crippen MR) is 61.1 cm³/mol. The summed E-state index contributed by atoms with van der Waals surface area (Å²) >= 11 is 0. The molecular weight excluding hydrogens is 222 g/mol. The Morgan fingerprint density at radius 3 is 2.94 bits per heavy atom. The van der Waals surface area contributed by atoms with Gasteiger partial charge >= 0.3 is 0 Å². The van der Waals surface area contributed by atoms with Crippen LogP contribution in [0.15, 0.2) is 17.2 Å². The number of nitrogens with one attached hydrogen (secondary N) is 1. The highest BCUT2D eigenvalue weighted by molar-refractivity contribution is 6.18. The van der Waals surface area contributed by atoms with Crippen molar-refractivity contribution in [2.75, 3.05) is 5.73 Å². The number of aromatic nitrogens is 4. The van der Waals surface area contributed by atoms with E-state index < -0.39 is 5.56 Å². The number of nitrogens with two attached hydrogens (primary N) is 1. The molecule has 3 rings (SSSR count). The molecule has 1 aliphatic rings. The molecular formula is C10H9N5O2. The Morgan fingerprint density at radius 2 is 2.24 bits per heavy atom. The molecule has 0 aliphatic heterocycles. The van der Waals surface area contributed by atoms with Crippen molar-refractivity contribution < 1.29 is 4.79 Å². The molecule has 2 aromatic rings. The number of aromatic amines is 1. The molecule has 86 valence electrons. The number of rotatable bonds is 1. The summed E-state index contributed by atoms with van der Waals surface area (Å²) in [6.07, 6.45) is 4.41. The number of ketones is 1. The van der Waals surface area contributed by atoms with Gasteiger partial charge in [0.25, 0.3) is 5.56 Å². The number of carbonyl (C=O) groups excluding carboxylic acids is 1. The first-order chi connectivity index (χ1) is 8.16. The van der Waals surface area contributed by atoms with E-state index in [4.69, 9.17) is 5.73 Å². The van der Waals surface area contributed by atoms with Crippen molar-refractivity contribution >= 4 is 28.6 Å². The van der Waals surface area contributed by atoms with Gasteiger partial charge in [0.05, 0.1) is 5.70 Å². The minimum Gasteiger partial charge on any atom is -0.369 e. The summed E-state index contributed by atoms with van der Waals surface area (Å²) in [5, 5.41) is 0. The first kappa shape index (κ1) is 9.76. The second-order valence-corrected chi connectivity index (χ2v) is 3.79. The first-order valence-corrected chi connectivity index (χ1v) is 5.13. The van der Waals surface area contributed by atoms with Crippen molar-refractivity contribution in [2.45, 2.75) is 12.8 Å². The van der Waals surface area contributed by atoms with Crippen molar-refractivity contribution in [1.82, 2.24) is 19.5 Å². The van der Waals surface area contributed by atoms with Gasteiger partial charge in [0.1, 0.15) is 6.33 Å². The van der Waals surface area contributed by atoms with Crippen LogP contribution in [0, 0.1) is 0 Å². The van der Waals surface area contributed by atoms with E-state index >= 15 is 0 Å². The summed E-state index contributed by atoms with van der Waals surface area (Å²) in [6.45, 7) is 0. The summed E-state index contributed by atoms with van der Waals surface area (Å²) in [5.74, 6) is 0.0280. The van der Waals surface area contributed by atoms with E-state index in [2.05, 4.69) is 15.0 Å². The van der Waals surface area contributed by atoms with Gasteiger partial charge in [0.2, 0.25) is 5.95 Å². The smallest absolute Gasteiger partial charge is 0.280 e. The minimum atomic E-state index is -0.405. The lowest BCUT2D eigenvalue weighted by Gasteiger charge is -2.02. The van der Waals surface area contributed by atoms with Crippen LogP contribution in [0.3, 0.4) is 0 Å². The molecule has 0 fully saturated rings. The molecule has 0 saturated heterocycles. The largest absolute Gasteiger partial charge is 0.369 e. The molecule has 1 aliphatic carbocycles. The highest BCUT2D eigenvalue weighted by Gasteiger charge is 2.20. The Morgan fingerprint density at radius 1 is 1.41 bits per heavy atom. The van der Waals surface area contributed by atoms with Crippen molar-refractivity contribution in [1.29, 1.82) is 0 Å². The van der Waals surface area contributed by atoms with Gasteiger partial charge in [-0.15, -0.1) is 0 Å². The van der Waals surface area contributed by atoms with Crippen LogP contribution in [0.4, 0.5) is 5.95 Å². The van der Waals surface area contributed by atoms with Gasteiger partial charge in [-0.2, -0.15) is 4.98 Å². The number of fused-ring (bicyclic) bond motifs is 1. The first-order valence-electron chi connectivity index (χ1n) is 5.13. The van der Waals surface area contributed by atoms with Crippen LogP contribution in [-0.4, -0.2) is 25.3 Å². The Kier molecular flexibility index (Phi) is 1.88. The van der Waals surface area contributed by atoms with Crippen LogP contribution >= 0.6 is 0 Å². The molecule has 3 N–H and O–H groups in total. The monoisotopic (exact) mass is 231 g/mol. The molecule has 7 heteroatoms. The molecule has 0 saturated carbocycles. The number of H-pyrrole nitrogens is 1. The molecule has 2 heterocycles. The number of Topliss-reactive ketones (excluding diaryl/α,β-unsaturated/α-hetero) is 1. The number of hydrogen-bond acceptors (Lipinski definition) is 5. The van der Waals surface area contributed by atoms with Crippen LogP contribution in [0.25, 0.3) is 16.9 Å². The number of imidazole rings is 1. The van der Waals surface area contributed by atoms with Crippen LogP contribution in [0.2, 0.25) is 0 Å². The molecule has 0 bridgehead atoms. The standard InChI is InChI=1S/C10H9N5O2/c11-10-13-8-7(9(17)14-10)12-4-15(8)5-2-1-3-6(5)16/h2,4H,1,3H2,(H3,11,13,14,17). The third-order valence-electron chi connectivity index (χ3n) is 2.68. The lowest BCUT2D eigenvalue weighted by molar-refractivity contribution is -0.113. The Labute approximate surface area is 95.0 Å². The summed E-state index contributed by atoms with van der Waals surface area (Å²) in [7, 11) is 0. The quantitative estimate of drug-likeness (QED) is 0.713. The van der Waals surface area contributed by atoms with E-state index in [1.54, 1.807) is 0 Å². The highest BCUT2D eigenvalue weighted by atomic mass is 16.1. The number of allylic oxidation sites excluding steroid dienone is 2. The molecule has 7 nitrogen and oxygen atoms in total. The number of nitrogens with zero attached hydrogens (tertiary/aromatic N) is 3. The van der Waals surface area contributed by atoms with E-state index in [1.807, 2.05) is 6.08 Å². The molecule has 0 unspecified atom stereocenters. The number of nitrogen functional groups attached to an aromatic ring is 1. The van der Waals surface area contributed by atoms with Crippen LogP contribution in [0.1, 0.15) is 12.8 Å². The normalized spacial score (nSPS) is 15.5. The molecule has 17 heavy (non-hydrogen) atoms. The van der Waals surface area contributed by atoms with Crippen molar-refractivity contribution in [3.05, 3.63) is 22.8 Å². The lowest BCUT2D eigenvalue weighted by atomic mass is 10.3. The summed E-state index contributed by atoms with van der Waals surface area (Å²) in [6, 6.07) is 0. The maximum Gasteiger partial charge on any atom is 0.280 e. The third-order valence-corrected chi connectivity index (χ3v) is 2.68. The number of carbonyl (C=O) groups is 1. The fraction of sp³-hybridized carbons (Fsp3) is 0.200. The van der Waals surface area contributed by atoms with Gasteiger partial charge in [-0.1, -0.05) is 6.08 Å². The SMILES string of the molecule is Nc1nc2c(ncn2C2=CCCC2=O)c(=O)[nH]1. The van der Waals surface area contributed by atoms with E-state index in [0.29, 0.717) is 24.2 Å². The average Bonchev–Trinajstić information content (AvgIpc) is 2.84. The zero-order chi connectivity index (χ0) is 12.0. The number of hydrogen-bond donors (Lipinski definition) is 2. The molecule has 0 spiro atoms. The third kappa shape index (κ3) is 1.36. The van der Waals surface area contributed by atoms with Gasteiger partial charge in [0, 0.05) is 6.42 Å². The van der Waals surface area contributed by atoms with Crippen molar-refractivity contribution in [3.63, 3.8) is 0 Å². The van der Waals surface area contributed by atoms with Crippen LogP contribution in [-0.2, 0) is 4.79 Å². The lowest BCUT2D eigenvalue weighted by Crippen LogP contribution is -2.12. The topological polar surface area (TPSA) is 107 Å². The van der Waals surface area contributed by atoms with E-state index in [1.165, 1.54) is 10.9 Å². The maximum atomic E-state index is 11.6. The molecule has 0 amide bonds. The van der Waals surface area contributed by atoms with Crippen molar-refractivity contribution in [3.8, 4) is 0 Å². The zero-order valence-electron chi connectivity index (χ0n) is 8.80. The Balaban J connectivity index is 2.32. The zero-order valence-corrected chi connectivity index (χ0v) is 8.80. The molecule has 0 aromatic carbocycles. The number of anilines is 1. The molecule has 0 atom stereocenters. The Bertz CT molecular complexity index is 709. The summed E-state index contributed by atoms with van der Waals surface area (Å²) < 4.78 is 1.51. The summed E-state index contributed by atoms with van der Waals surface area (Å²) in [4.78, 5) is 33.5. The average molecular weight is 231 g/mol. The van der Waals surface area contributed by atoms with E-state index in [-0.39, 0.29) is 17.2 Å². The second kappa shape index (κ2) is 3.27.